The minimum absolute atomic E-state index is 0.0999. The first-order valence-corrected chi connectivity index (χ1v) is 8.90. The number of hydrogen-bond donors (Lipinski definition) is 0. The Labute approximate surface area is 153 Å². The SMILES string of the molecule is CCN1C(=O)/C(=C/c2cccs2)C(=O)N(c2ccc(Cl)cc2)C1=S. The fourth-order valence-corrected chi connectivity index (χ4v) is 3.57. The van der Waals surface area contributed by atoms with Gasteiger partial charge in [0.1, 0.15) is 5.57 Å². The molecule has 1 fully saturated rings. The summed E-state index contributed by atoms with van der Waals surface area (Å²) in [7, 11) is 0. The molecule has 2 heterocycles. The van der Waals surface area contributed by atoms with Crippen molar-refractivity contribution >= 4 is 63.8 Å². The quantitative estimate of drug-likeness (QED) is 0.462. The molecule has 4 nitrogen and oxygen atoms in total. The average molecular weight is 377 g/mol. The van der Waals surface area contributed by atoms with Crippen LogP contribution in [-0.4, -0.2) is 28.4 Å². The molecule has 0 saturated carbocycles. The molecule has 2 aromatic rings. The summed E-state index contributed by atoms with van der Waals surface area (Å²) >= 11 is 12.7. The summed E-state index contributed by atoms with van der Waals surface area (Å²) in [5, 5.41) is 2.63. The topological polar surface area (TPSA) is 40.6 Å². The third-order valence-electron chi connectivity index (χ3n) is 3.56. The molecule has 0 unspecified atom stereocenters. The Kier molecular flexibility index (Phi) is 4.80. The zero-order chi connectivity index (χ0) is 17.3. The molecule has 1 saturated heterocycles. The highest BCUT2D eigenvalue weighted by atomic mass is 35.5. The van der Waals surface area contributed by atoms with E-state index < -0.39 is 5.91 Å². The molecule has 0 atom stereocenters. The second-order valence-electron chi connectivity index (χ2n) is 5.02. The van der Waals surface area contributed by atoms with E-state index in [2.05, 4.69) is 0 Å². The number of thiocarbonyl (C=S) groups is 1. The summed E-state index contributed by atoms with van der Waals surface area (Å²) in [5.74, 6) is -0.795. The summed E-state index contributed by atoms with van der Waals surface area (Å²) in [4.78, 5) is 29.2. The predicted molar refractivity (Wildman–Crippen MR) is 101 cm³/mol. The van der Waals surface area contributed by atoms with Crippen LogP contribution in [-0.2, 0) is 9.59 Å². The van der Waals surface area contributed by atoms with Crippen molar-refractivity contribution in [3.05, 3.63) is 57.3 Å². The molecule has 122 valence electrons. The van der Waals surface area contributed by atoms with E-state index in [0.29, 0.717) is 17.3 Å². The lowest BCUT2D eigenvalue weighted by Gasteiger charge is -2.36. The fourth-order valence-electron chi connectivity index (χ4n) is 2.39. The third-order valence-corrected chi connectivity index (χ3v) is 5.04. The van der Waals surface area contributed by atoms with E-state index >= 15 is 0 Å². The van der Waals surface area contributed by atoms with Gasteiger partial charge in [0.05, 0.1) is 5.69 Å². The van der Waals surface area contributed by atoms with E-state index in [1.807, 2.05) is 24.4 Å². The Balaban J connectivity index is 2.08. The van der Waals surface area contributed by atoms with Gasteiger partial charge in [0.2, 0.25) is 0 Å². The van der Waals surface area contributed by atoms with Crippen LogP contribution in [0, 0.1) is 0 Å². The van der Waals surface area contributed by atoms with Gasteiger partial charge in [-0.1, -0.05) is 17.7 Å². The molecule has 0 aliphatic carbocycles. The van der Waals surface area contributed by atoms with Crippen molar-refractivity contribution in [3.63, 3.8) is 0 Å². The van der Waals surface area contributed by atoms with Crippen LogP contribution < -0.4 is 4.90 Å². The molecule has 1 aliphatic rings. The first-order valence-electron chi connectivity index (χ1n) is 7.24. The highest BCUT2D eigenvalue weighted by Gasteiger charge is 2.39. The number of likely N-dealkylation sites (N-methyl/N-ethyl adjacent to an activating group) is 1. The van der Waals surface area contributed by atoms with Crippen molar-refractivity contribution in [3.8, 4) is 0 Å². The van der Waals surface area contributed by atoms with Crippen molar-refractivity contribution in [2.24, 2.45) is 0 Å². The lowest BCUT2D eigenvalue weighted by atomic mass is 10.1. The van der Waals surface area contributed by atoms with Crippen molar-refractivity contribution in [1.29, 1.82) is 0 Å². The molecule has 2 amide bonds. The molecule has 0 radical (unpaired) electrons. The lowest BCUT2D eigenvalue weighted by Crippen LogP contribution is -2.56. The fraction of sp³-hybridized carbons (Fsp3) is 0.118. The van der Waals surface area contributed by atoms with Crippen LogP contribution in [0.5, 0.6) is 0 Å². The highest BCUT2D eigenvalue weighted by Crippen LogP contribution is 2.27. The molecule has 1 aromatic heterocycles. The number of carbonyl (C=O) groups is 2. The predicted octanol–water partition coefficient (Wildman–Crippen LogP) is 3.97. The van der Waals surface area contributed by atoms with Gasteiger partial charge >= 0.3 is 0 Å². The Morgan fingerprint density at radius 2 is 1.88 bits per heavy atom. The standard InChI is InChI=1S/C17H13ClN2O2S2/c1-2-19-15(21)14(10-13-4-3-9-24-13)16(22)20(17(19)23)12-7-5-11(18)6-8-12/h3-10H,2H2,1H3/b14-10-. The normalized spacial score (nSPS) is 17.1. The Bertz CT molecular complexity index is 829. The molecular formula is C17H13ClN2O2S2. The first-order chi connectivity index (χ1) is 11.5. The Morgan fingerprint density at radius 1 is 1.17 bits per heavy atom. The van der Waals surface area contributed by atoms with E-state index in [1.54, 1.807) is 30.3 Å². The minimum Gasteiger partial charge on any atom is -0.285 e. The number of nitrogens with zero attached hydrogens (tertiary/aromatic N) is 2. The maximum Gasteiger partial charge on any atom is 0.270 e. The molecule has 0 N–H and O–H groups in total. The van der Waals surface area contributed by atoms with Crippen molar-refractivity contribution in [2.45, 2.75) is 6.92 Å². The van der Waals surface area contributed by atoms with Crippen LogP contribution in [0.4, 0.5) is 5.69 Å². The number of hydrogen-bond acceptors (Lipinski definition) is 4. The Hall–Kier alpha value is -2.02. The molecule has 3 rings (SSSR count). The summed E-state index contributed by atoms with van der Waals surface area (Å²) < 4.78 is 0. The van der Waals surface area contributed by atoms with Gasteiger partial charge in [0.25, 0.3) is 11.8 Å². The van der Waals surface area contributed by atoms with E-state index in [9.17, 15) is 9.59 Å². The van der Waals surface area contributed by atoms with Gasteiger partial charge in [-0.15, -0.1) is 11.3 Å². The van der Waals surface area contributed by atoms with Gasteiger partial charge in [-0.05, 0) is 60.9 Å². The van der Waals surface area contributed by atoms with Crippen LogP contribution in [0.2, 0.25) is 5.02 Å². The van der Waals surface area contributed by atoms with Gasteiger partial charge in [-0.2, -0.15) is 0 Å². The van der Waals surface area contributed by atoms with E-state index in [1.165, 1.54) is 21.1 Å². The smallest absolute Gasteiger partial charge is 0.270 e. The molecule has 0 spiro atoms. The maximum atomic E-state index is 12.9. The van der Waals surface area contributed by atoms with Crippen LogP contribution in [0.1, 0.15) is 11.8 Å². The van der Waals surface area contributed by atoms with Crippen LogP contribution in [0.25, 0.3) is 6.08 Å². The van der Waals surface area contributed by atoms with Crippen LogP contribution in [0.3, 0.4) is 0 Å². The molecule has 24 heavy (non-hydrogen) atoms. The number of carbonyl (C=O) groups excluding carboxylic acids is 2. The average Bonchev–Trinajstić information content (AvgIpc) is 3.07. The van der Waals surface area contributed by atoms with Gasteiger partial charge in [-0.25, -0.2) is 0 Å². The van der Waals surface area contributed by atoms with E-state index in [0.717, 1.165) is 4.88 Å². The zero-order valence-corrected chi connectivity index (χ0v) is 15.1. The summed E-state index contributed by atoms with van der Waals surface area (Å²) in [6.07, 6.45) is 1.61. The lowest BCUT2D eigenvalue weighted by molar-refractivity contribution is -0.127. The van der Waals surface area contributed by atoms with Crippen molar-refractivity contribution < 1.29 is 9.59 Å². The third kappa shape index (κ3) is 3.00. The minimum atomic E-state index is -0.426. The van der Waals surface area contributed by atoms with Gasteiger partial charge in [-0.3, -0.25) is 19.4 Å². The second-order valence-corrected chi connectivity index (χ2v) is 6.80. The highest BCUT2D eigenvalue weighted by molar-refractivity contribution is 7.80. The number of halogens is 1. The van der Waals surface area contributed by atoms with Crippen molar-refractivity contribution in [1.82, 2.24) is 4.90 Å². The van der Waals surface area contributed by atoms with Crippen LogP contribution in [0.15, 0.2) is 47.4 Å². The first kappa shape index (κ1) is 16.8. The monoisotopic (exact) mass is 376 g/mol. The number of anilines is 1. The molecule has 7 heteroatoms. The van der Waals surface area contributed by atoms with Crippen LogP contribution >= 0.6 is 35.2 Å². The summed E-state index contributed by atoms with van der Waals surface area (Å²) in [6, 6.07) is 10.5. The van der Waals surface area contributed by atoms with E-state index in [-0.39, 0.29) is 16.6 Å². The maximum absolute atomic E-state index is 12.9. The number of amides is 2. The summed E-state index contributed by atoms with van der Waals surface area (Å²) in [5.41, 5.74) is 0.681. The Morgan fingerprint density at radius 3 is 2.46 bits per heavy atom. The van der Waals surface area contributed by atoms with E-state index in [4.69, 9.17) is 23.8 Å². The molecular weight excluding hydrogens is 364 g/mol. The largest absolute Gasteiger partial charge is 0.285 e. The molecule has 1 aromatic carbocycles. The van der Waals surface area contributed by atoms with Gasteiger partial charge in [0.15, 0.2) is 5.11 Å². The second kappa shape index (κ2) is 6.84. The number of benzene rings is 1. The van der Waals surface area contributed by atoms with Gasteiger partial charge < -0.3 is 0 Å². The zero-order valence-electron chi connectivity index (χ0n) is 12.7. The van der Waals surface area contributed by atoms with Crippen molar-refractivity contribution in [2.75, 3.05) is 11.4 Å². The number of thiophene rings is 1. The molecule has 0 bridgehead atoms. The molecule has 1 aliphatic heterocycles. The summed E-state index contributed by atoms with van der Waals surface area (Å²) in [6.45, 7) is 2.21. The number of rotatable bonds is 3. The van der Waals surface area contributed by atoms with Gasteiger partial charge in [0, 0.05) is 16.4 Å².